The zero-order chi connectivity index (χ0) is 23.8. The van der Waals surface area contributed by atoms with Crippen LogP contribution in [0.1, 0.15) is 56.2 Å². The Morgan fingerprint density at radius 1 is 1.12 bits per heavy atom. The van der Waals surface area contributed by atoms with Gasteiger partial charge < -0.3 is 19.5 Å². The Hall–Kier alpha value is -3.20. The fourth-order valence-electron chi connectivity index (χ4n) is 2.65. The standard InChI is InChI=1S/C22H26ClN3O6/c1-6-18(27)32-20-17(30-5)9-10-24-19(20)21(28)26-13(3)22(29)31-14(4)12(2)16-8-7-15(23)11-25-16/h7-14H,6H2,1-5H3,(H,26,28)/t12-,13+,14+/m1/s1. The number of nitrogens with one attached hydrogen (secondary N) is 1. The first-order valence-corrected chi connectivity index (χ1v) is 10.4. The van der Waals surface area contributed by atoms with Crippen molar-refractivity contribution in [2.45, 2.75) is 52.2 Å². The molecule has 0 saturated heterocycles. The first-order valence-electron chi connectivity index (χ1n) is 10.0. The molecule has 0 bridgehead atoms. The number of amides is 1. The number of esters is 2. The number of rotatable bonds is 9. The number of ether oxygens (including phenoxy) is 3. The lowest BCUT2D eigenvalue weighted by atomic mass is 10.0. The minimum absolute atomic E-state index is 0.0976. The number of nitrogens with zero attached hydrogens (tertiary/aromatic N) is 2. The summed E-state index contributed by atoms with van der Waals surface area (Å²) in [5.74, 6) is -2.06. The highest BCUT2D eigenvalue weighted by Gasteiger charge is 2.27. The number of pyridine rings is 2. The maximum absolute atomic E-state index is 12.7. The number of halogens is 1. The number of carbonyl (C=O) groups excluding carboxylic acids is 3. The van der Waals surface area contributed by atoms with E-state index >= 15 is 0 Å². The number of hydrogen-bond donors (Lipinski definition) is 1. The third-order valence-electron chi connectivity index (χ3n) is 4.73. The van der Waals surface area contributed by atoms with Crippen LogP contribution in [0.25, 0.3) is 0 Å². The largest absolute Gasteiger partial charge is 0.493 e. The highest BCUT2D eigenvalue weighted by Crippen LogP contribution is 2.30. The van der Waals surface area contributed by atoms with Crippen LogP contribution < -0.4 is 14.8 Å². The van der Waals surface area contributed by atoms with Gasteiger partial charge in [-0.2, -0.15) is 0 Å². The van der Waals surface area contributed by atoms with Gasteiger partial charge in [0.1, 0.15) is 12.1 Å². The van der Waals surface area contributed by atoms with Gasteiger partial charge in [0.25, 0.3) is 5.91 Å². The number of hydrogen-bond acceptors (Lipinski definition) is 8. The molecule has 0 aromatic carbocycles. The van der Waals surface area contributed by atoms with Crippen molar-refractivity contribution >= 4 is 29.4 Å². The highest BCUT2D eigenvalue weighted by molar-refractivity contribution is 6.30. The zero-order valence-electron chi connectivity index (χ0n) is 18.5. The molecule has 0 aliphatic carbocycles. The molecule has 172 valence electrons. The molecule has 2 aromatic rings. The molecule has 0 saturated carbocycles. The van der Waals surface area contributed by atoms with Gasteiger partial charge in [0, 0.05) is 36.5 Å². The van der Waals surface area contributed by atoms with Crippen molar-refractivity contribution in [2.75, 3.05) is 7.11 Å². The topological polar surface area (TPSA) is 117 Å². The molecule has 10 heteroatoms. The molecule has 1 N–H and O–H groups in total. The average molecular weight is 464 g/mol. The Labute approximate surface area is 191 Å². The van der Waals surface area contributed by atoms with Crippen molar-refractivity contribution in [1.82, 2.24) is 15.3 Å². The van der Waals surface area contributed by atoms with Gasteiger partial charge in [-0.05, 0) is 26.0 Å². The van der Waals surface area contributed by atoms with E-state index in [2.05, 4.69) is 15.3 Å². The number of methoxy groups -OCH3 is 1. The zero-order valence-corrected chi connectivity index (χ0v) is 19.3. The molecule has 32 heavy (non-hydrogen) atoms. The molecule has 0 unspecified atom stereocenters. The second kappa shape index (κ2) is 11.4. The minimum Gasteiger partial charge on any atom is -0.493 e. The first kappa shape index (κ1) is 25.1. The van der Waals surface area contributed by atoms with Gasteiger partial charge in [-0.15, -0.1) is 0 Å². The maximum Gasteiger partial charge on any atom is 0.328 e. The predicted octanol–water partition coefficient (Wildman–Crippen LogP) is 3.31. The Morgan fingerprint density at radius 2 is 1.84 bits per heavy atom. The molecule has 0 fully saturated rings. The Kier molecular flexibility index (Phi) is 8.95. The number of carbonyl (C=O) groups is 3. The van der Waals surface area contributed by atoms with Crippen molar-refractivity contribution in [3.8, 4) is 11.5 Å². The Morgan fingerprint density at radius 3 is 2.44 bits per heavy atom. The van der Waals surface area contributed by atoms with Crippen molar-refractivity contribution in [2.24, 2.45) is 0 Å². The monoisotopic (exact) mass is 463 g/mol. The summed E-state index contributed by atoms with van der Waals surface area (Å²) < 4.78 is 15.9. The van der Waals surface area contributed by atoms with Gasteiger partial charge in [0.15, 0.2) is 11.4 Å². The Bertz CT molecular complexity index is 967. The van der Waals surface area contributed by atoms with Crippen molar-refractivity contribution < 1.29 is 28.6 Å². The lowest BCUT2D eigenvalue weighted by Gasteiger charge is -2.22. The van der Waals surface area contributed by atoms with E-state index in [-0.39, 0.29) is 29.5 Å². The number of aromatic nitrogens is 2. The van der Waals surface area contributed by atoms with Gasteiger partial charge in [0.2, 0.25) is 5.75 Å². The lowest BCUT2D eigenvalue weighted by Crippen LogP contribution is -2.41. The van der Waals surface area contributed by atoms with Gasteiger partial charge in [-0.3, -0.25) is 14.6 Å². The van der Waals surface area contributed by atoms with E-state index < -0.39 is 30.0 Å². The van der Waals surface area contributed by atoms with E-state index in [4.69, 9.17) is 25.8 Å². The van der Waals surface area contributed by atoms with E-state index in [0.29, 0.717) is 10.7 Å². The second-order valence-corrected chi connectivity index (χ2v) is 7.48. The van der Waals surface area contributed by atoms with Gasteiger partial charge in [-0.1, -0.05) is 25.4 Å². The molecule has 0 spiro atoms. The maximum atomic E-state index is 12.7. The van der Waals surface area contributed by atoms with E-state index in [1.165, 1.54) is 32.5 Å². The molecular weight excluding hydrogens is 438 g/mol. The van der Waals surface area contributed by atoms with Crippen LogP contribution in [0.5, 0.6) is 11.5 Å². The highest BCUT2D eigenvalue weighted by atomic mass is 35.5. The molecule has 2 heterocycles. The van der Waals surface area contributed by atoms with Crippen LogP contribution in [0.2, 0.25) is 5.02 Å². The minimum atomic E-state index is -0.988. The summed E-state index contributed by atoms with van der Waals surface area (Å²) in [4.78, 5) is 45.2. The summed E-state index contributed by atoms with van der Waals surface area (Å²) in [5.41, 5.74) is 0.534. The Balaban J connectivity index is 2.07. The van der Waals surface area contributed by atoms with Gasteiger partial charge in [-0.25, -0.2) is 9.78 Å². The van der Waals surface area contributed by atoms with E-state index in [9.17, 15) is 14.4 Å². The molecule has 0 radical (unpaired) electrons. The van der Waals surface area contributed by atoms with Crippen LogP contribution >= 0.6 is 11.6 Å². The summed E-state index contributed by atoms with van der Waals surface area (Å²) >= 11 is 5.86. The van der Waals surface area contributed by atoms with Crippen molar-refractivity contribution in [3.63, 3.8) is 0 Å². The van der Waals surface area contributed by atoms with Crippen LogP contribution in [-0.2, 0) is 14.3 Å². The predicted molar refractivity (Wildman–Crippen MR) is 117 cm³/mol. The fourth-order valence-corrected chi connectivity index (χ4v) is 2.76. The second-order valence-electron chi connectivity index (χ2n) is 7.05. The first-order chi connectivity index (χ1) is 15.2. The van der Waals surface area contributed by atoms with Crippen molar-refractivity contribution in [3.05, 3.63) is 47.0 Å². The van der Waals surface area contributed by atoms with Gasteiger partial charge in [0.05, 0.1) is 12.1 Å². The average Bonchev–Trinajstić information content (AvgIpc) is 2.78. The summed E-state index contributed by atoms with van der Waals surface area (Å²) in [5, 5.41) is 3.03. The van der Waals surface area contributed by atoms with E-state index in [1.54, 1.807) is 26.0 Å². The summed E-state index contributed by atoms with van der Waals surface area (Å²) in [7, 11) is 1.37. The fraction of sp³-hybridized carbons (Fsp3) is 0.409. The van der Waals surface area contributed by atoms with Crippen LogP contribution in [0.3, 0.4) is 0 Å². The summed E-state index contributed by atoms with van der Waals surface area (Å²) in [6.07, 6.45) is 2.45. The third-order valence-corrected chi connectivity index (χ3v) is 4.96. The lowest BCUT2D eigenvalue weighted by molar-refractivity contribution is -0.151. The summed E-state index contributed by atoms with van der Waals surface area (Å²) in [6, 6.07) is 3.94. The molecular formula is C22H26ClN3O6. The van der Waals surface area contributed by atoms with Crippen LogP contribution in [0.4, 0.5) is 0 Å². The normalized spacial score (nSPS) is 13.4. The molecule has 3 atom stereocenters. The van der Waals surface area contributed by atoms with Crippen LogP contribution in [0, 0.1) is 0 Å². The third kappa shape index (κ3) is 6.40. The van der Waals surface area contributed by atoms with Crippen LogP contribution in [0.15, 0.2) is 30.6 Å². The van der Waals surface area contributed by atoms with E-state index in [1.807, 2.05) is 6.92 Å². The molecule has 1 amide bonds. The molecule has 2 rings (SSSR count). The molecule has 9 nitrogen and oxygen atoms in total. The van der Waals surface area contributed by atoms with Gasteiger partial charge >= 0.3 is 11.9 Å². The molecule has 2 aromatic heterocycles. The summed E-state index contributed by atoms with van der Waals surface area (Å²) in [6.45, 7) is 6.70. The SMILES string of the molecule is CCC(=O)Oc1c(OC)ccnc1C(=O)N[C@@H](C)C(=O)O[C@@H](C)[C@@H](C)c1ccc(Cl)cn1. The smallest absolute Gasteiger partial charge is 0.328 e. The quantitative estimate of drug-likeness (QED) is 0.563. The molecule has 0 aliphatic heterocycles. The van der Waals surface area contributed by atoms with E-state index in [0.717, 1.165) is 0 Å². The van der Waals surface area contributed by atoms with Crippen LogP contribution in [-0.4, -0.2) is 47.1 Å². The molecule has 0 aliphatic rings. The van der Waals surface area contributed by atoms with Crippen molar-refractivity contribution in [1.29, 1.82) is 0 Å².